The molecule has 0 aromatic carbocycles. The van der Waals surface area contributed by atoms with Crippen LogP contribution >= 0.6 is 0 Å². The highest BCUT2D eigenvalue weighted by Crippen LogP contribution is 2.60. The van der Waals surface area contributed by atoms with Crippen LogP contribution in [0.5, 0.6) is 0 Å². The lowest BCUT2D eigenvalue weighted by molar-refractivity contribution is -0.199. The summed E-state index contributed by atoms with van der Waals surface area (Å²) in [5.41, 5.74) is 3.40. The number of nitrogens with zero attached hydrogens (tertiary/aromatic N) is 1. The van der Waals surface area contributed by atoms with E-state index in [9.17, 15) is 24.3 Å². The Bertz CT molecular complexity index is 1310. The second kappa shape index (κ2) is 17.2. The molecule has 0 spiro atoms. The molecule has 4 fully saturated rings. The van der Waals surface area contributed by atoms with Gasteiger partial charge in [0.05, 0.1) is 18.1 Å². The number of carbonyl (C=O) groups is 4. The number of hydroxylamine groups is 2. The Morgan fingerprint density at radius 2 is 1.78 bits per heavy atom. The molecule has 5 atom stereocenters. The Balaban J connectivity index is 1.13. The van der Waals surface area contributed by atoms with Crippen molar-refractivity contribution in [2.75, 3.05) is 13.2 Å². The van der Waals surface area contributed by atoms with Gasteiger partial charge in [0.2, 0.25) is 5.91 Å². The molecular weight excluding hydrogens is 632 g/mol. The van der Waals surface area contributed by atoms with Crippen molar-refractivity contribution in [2.45, 2.75) is 156 Å². The first-order valence-electron chi connectivity index (χ1n) is 19.2. The summed E-state index contributed by atoms with van der Waals surface area (Å²) >= 11 is 0. The first-order chi connectivity index (χ1) is 23.5. The molecule has 3 saturated carbocycles. The zero-order valence-corrected chi connectivity index (χ0v) is 31.7. The molecule has 0 unspecified atom stereocenters. The summed E-state index contributed by atoms with van der Waals surface area (Å²) in [7, 11) is 0. The zero-order chi connectivity index (χ0) is 36.7. The fourth-order valence-electron chi connectivity index (χ4n) is 8.93. The van der Waals surface area contributed by atoms with Crippen molar-refractivity contribution in [1.82, 2.24) is 10.4 Å². The molecule has 0 aromatic rings. The normalized spacial score (nSPS) is 28.3. The van der Waals surface area contributed by atoms with Gasteiger partial charge in [-0.2, -0.15) is 0 Å². The highest BCUT2D eigenvalue weighted by atomic mass is 16.7. The van der Waals surface area contributed by atoms with Crippen LogP contribution in [-0.2, 0) is 28.8 Å². The van der Waals surface area contributed by atoms with Crippen LogP contribution in [0.1, 0.15) is 144 Å². The van der Waals surface area contributed by atoms with Gasteiger partial charge in [0.25, 0.3) is 11.8 Å². The zero-order valence-electron chi connectivity index (χ0n) is 31.7. The number of hydrogen-bond donors (Lipinski definition) is 2. The largest absolute Gasteiger partial charge is 0.393 e. The van der Waals surface area contributed by atoms with Crippen molar-refractivity contribution in [1.29, 1.82) is 0 Å². The highest BCUT2D eigenvalue weighted by molar-refractivity contribution is 6.01. The van der Waals surface area contributed by atoms with Gasteiger partial charge in [-0.05, 0) is 125 Å². The Morgan fingerprint density at radius 1 is 1.06 bits per heavy atom. The molecule has 3 amide bonds. The number of aliphatic hydroxyl groups excluding tert-OH is 1. The maximum absolute atomic E-state index is 12.7. The predicted molar refractivity (Wildman–Crippen MR) is 194 cm³/mol. The van der Waals surface area contributed by atoms with Gasteiger partial charge in [-0.25, -0.2) is 4.79 Å². The molecule has 9 nitrogen and oxygen atoms in total. The molecule has 1 heterocycles. The lowest BCUT2D eigenvalue weighted by Gasteiger charge is -2.44. The maximum atomic E-state index is 12.7. The first kappa shape index (κ1) is 40.0. The van der Waals surface area contributed by atoms with Crippen LogP contribution in [0.25, 0.3) is 0 Å². The van der Waals surface area contributed by atoms with Crippen LogP contribution in [0.4, 0.5) is 0 Å². The van der Waals surface area contributed by atoms with E-state index in [2.05, 4.69) is 37.9 Å². The van der Waals surface area contributed by atoms with E-state index in [1.807, 2.05) is 27.7 Å². The number of ether oxygens (including phenoxy) is 1. The first-order valence-corrected chi connectivity index (χ1v) is 19.2. The van der Waals surface area contributed by atoms with E-state index in [4.69, 9.17) is 9.57 Å². The fraction of sp³-hybridized carbons (Fsp3) is 0.756. The summed E-state index contributed by atoms with van der Waals surface area (Å²) in [5.74, 6) is 0.388. The second-order valence-electron chi connectivity index (χ2n) is 17.2. The SMILES string of the molecule is C=C1CC[C@H](O)C/C1=C/C=C1\CCC[C@]2(C)[C@@H]([C@H](C)CCCC(=O)NCCC(C)(C)OCCC(C)(C)CC(=O)ON3C(=O)CCC3=O)CC[C@@H]12. The van der Waals surface area contributed by atoms with Crippen molar-refractivity contribution in [3.8, 4) is 0 Å². The molecular formula is C41H64N2O7. The van der Waals surface area contributed by atoms with Crippen molar-refractivity contribution < 1.29 is 33.9 Å². The number of rotatable bonds is 16. The smallest absolute Gasteiger partial charge is 0.333 e. The second-order valence-corrected chi connectivity index (χ2v) is 17.2. The molecule has 0 radical (unpaired) electrons. The van der Waals surface area contributed by atoms with Crippen LogP contribution in [-0.4, -0.2) is 58.7 Å². The number of fused-ring (bicyclic) bond motifs is 1. The van der Waals surface area contributed by atoms with E-state index in [-0.39, 0.29) is 31.3 Å². The number of aliphatic hydroxyl groups is 1. The van der Waals surface area contributed by atoms with E-state index in [1.165, 1.54) is 43.3 Å². The Morgan fingerprint density at radius 3 is 2.50 bits per heavy atom. The number of hydrogen-bond acceptors (Lipinski definition) is 7. The summed E-state index contributed by atoms with van der Waals surface area (Å²) in [5, 5.41) is 13.8. The molecule has 280 valence electrons. The minimum atomic E-state index is -0.607. The lowest BCUT2D eigenvalue weighted by atomic mass is 9.60. The van der Waals surface area contributed by atoms with Gasteiger partial charge in [0, 0.05) is 32.4 Å². The third-order valence-corrected chi connectivity index (χ3v) is 12.1. The molecule has 4 rings (SSSR count). The summed E-state index contributed by atoms with van der Waals surface area (Å²) in [6.45, 7) is 18.0. The number of allylic oxidation sites excluding steroid dienone is 4. The van der Waals surface area contributed by atoms with Gasteiger partial charge in [-0.3, -0.25) is 14.4 Å². The summed E-state index contributed by atoms with van der Waals surface area (Å²) in [6.07, 6.45) is 16.9. The molecule has 9 heteroatoms. The minimum absolute atomic E-state index is 0.0583. The number of carbonyl (C=O) groups excluding carboxylic acids is 4. The predicted octanol–water partition coefficient (Wildman–Crippen LogP) is 7.68. The van der Waals surface area contributed by atoms with Crippen molar-refractivity contribution in [3.05, 3.63) is 35.5 Å². The third-order valence-electron chi connectivity index (χ3n) is 12.1. The van der Waals surface area contributed by atoms with Crippen LogP contribution in [0, 0.1) is 28.6 Å². The van der Waals surface area contributed by atoms with E-state index < -0.39 is 28.8 Å². The average molecular weight is 697 g/mol. The summed E-state index contributed by atoms with van der Waals surface area (Å²) in [4.78, 5) is 53.6. The van der Waals surface area contributed by atoms with E-state index in [0.717, 1.165) is 32.1 Å². The minimum Gasteiger partial charge on any atom is -0.393 e. The van der Waals surface area contributed by atoms with Gasteiger partial charge in [-0.15, -0.1) is 5.06 Å². The number of amides is 3. The summed E-state index contributed by atoms with van der Waals surface area (Å²) in [6, 6.07) is 0. The summed E-state index contributed by atoms with van der Waals surface area (Å²) < 4.78 is 6.14. The average Bonchev–Trinajstić information content (AvgIpc) is 3.54. The molecule has 50 heavy (non-hydrogen) atoms. The van der Waals surface area contributed by atoms with Crippen LogP contribution < -0.4 is 5.32 Å². The molecule has 1 saturated heterocycles. The van der Waals surface area contributed by atoms with E-state index >= 15 is 0 Å². The van der Waals surface area contributed by atoms with Crippen molar-refractivity contribution >= 4 is 23.7 Å². The van der Waals surface area contributed by atoms with Gasteiger partial charge in [0.15, 0.2) is 0 Å². The molecule has 0 bridgehead atoms. The van der Waals surface area contributed by atoms with Crippen LogP contribution in [0.15, 0.2) is 35.5 Å². The van der Waals surface area contributed by atoms with Crippen molar-refractivity contribution in [2.24, 2.45) is 28.6 Å². The molecule has 2 N–H and O–H groups in total. The van der Waals surface area contributed by atoms with E-state index in [0.29, 0.717) is 60.6 Å². The third kappa shape index (κ3) is 10.9. The standard InChI is InChI=1S/C41H64N2O7/c1-28-13-16-32(44)26-31(28)15-14-30-11-9-21-41(7)33(17-18-34(30)41)29(2)10-8-12-35(45)42-24-22-40(5,6)49-25-23-39(3,4)27-38(48)50-43-36(46)19-20-37(43)47/h14-15,29,32-34,44H,1,8-13,16-27H2,2-7H3,(H,42,45)/b30-14+,31-15-/t29-,32+,33-,34+,41-/m1/s1. The van der Waals surface area contributed by atoms with Gasteiger partial charge in [0.1, 0.15) is 0 Å². The maximum Gasteiger partial charge on any atom is 0.333 e. The van der Waals surface area contributed by atoms with E-state index in [1.54, 1.807) is 5.57 Å². The molecule has 0 aromatic heterocycles. The molecule has 4 aliphatic rings. The molecule has 1 aliphatic heterocycles. The lowest BCUT2D eigenvalue weighted by Crippen LogP contribution is -2.36. The molecule has 3 aliphatic carbocycles. The number of imide groups is 1. The van der Waals surface area contributed by atoms with Gasteiger partial charge in [-0.1, -0.05) is 57.6 Å². The highest BCUT2D eigenvalue weighted by Gasteiger charge is 2.50. The topological polar surface area (TPSA) is 122 Å². The Kier molecular flexibility index (Phi) is 13.7. The quantitative estimate of drug-likeness (QED) is 0.159. The van der Waals surface area contributed by atoms with Gasteiger partial charge < -0.3 is 20.0 Å². The van der Waals surface area contributed by atoms with Crippen molar-refractivity contribution in [3.63, 3.8) is 0 Å². The van der Waals surface area contributed by atoms with Gasteiger partial charge >= 0.3 is 5.97 Å². The Labute approximate surface area is 300 Å². The number of nitrogens with one attached hydrogen (secondary N) is 1. The monoisotopic (exact) mass is 696 g/mol. The van der Waals surface area contributed by atoms with Crippen LogP contribution in [0.2, 0.25) is 0 Å². The Hall–Kier alpha value is -2.78. The fourth-order valence-corrected chi connectivity index (χ4v) is 8.93. The van der Waals surface area contributed by atoms with Crippen LogP contribution in [0.3, 0.4) is 0 Å².